The van der Waals surface area contributed by atoms with Crippen LogP contribution in [0.3, 0.4) is 0 Å². The van der Waals surface area contributed by atoms with E-state index in [1.54, 1.807) is 24.3 Å². The smallest absolute Gasteiger partial charge is 0.276 e. The Kier molecular flexibility index (Phi) is 5.84. The quantitative estimate of drug-likeness (QED) is 0.619. The summed E-state index contributed by atoms with van der Waals surface area (Å²) in [5.74, 6) is -0.812. The third-order valence-corrected chi connectivity index (χ3v) is 3.32. The van der Waals surface area contributed by atoms with Crippen LogP contribution in [0, 0.1) is 28.4 Å². The number of hydrogen-bond acceptors (Lipinski definition) is 6. The van der Waals surface area contributed by atoms with E-state index in [2.05, 4.69) is 10.9 Å². The van der Waals surface area contributed by atoms with Gasteiger partial charge in [0.2, 0.25) is 0 Å². The Morgan fingerprint density at radius 2 is 1.88 bits per heavy atom. The highest BCUT2D eigenvalue weighted by Gasteiger charge is 2.14. The van der Waals surface area contributed by atoms with E-state index >= 15 is 0 Å². The molecular weight excluding hydrogens is 340 g/mol. The van der Waals surface area contributed by atoms with E-state index in [4.69, 9.17) is 10.00 Å². The van der Waals surface area contributed by atoms with Gasteiger partial charge >= 0.3 is 0 Å². The summed E-state index contributed by atoms with van der Waals surface area (Å²) >= 11 is 0. The van der Waals surface area contributed by atoms with E-state index in [9.17, 15) is 19.7 Å². The average Bonchev–Trinajstić information content (AvgIpc) is 2.64. The van der Waals surface area contributed by atoms with Gasteiger partial charge in [-0.15, -0.1) is 0 Å². The van der Waals surface area contributed by atoms with E-state index < -0.39 is 16.7 Å². The molecule has 9 heteroatoms. The van der Waals surface area contributed by atoms with Gasteiger partial charge < -0.3 is 4.74 Å². The van der Waals surface area contributed by atoms with E-state index in [1.807, 2.05) is 6.07 Å². The molecule has 2 amide bonds. The van der Waals surface area contributed by atoms with Gasteiger partial charge in [0.05, 0.1) is 16.6 Å². The largest absolute Gasteiger partial charge is 0.484 e. The molecule has 2 N–H and O–H groups in total. The fourth-order valence-corrected chi connectivity index (χ4v) is 2.01. The van der Waals surface area contributed by atoms with Crippen molar-refractivity contribution in [2.24, 2.45) is 0 Å². The van der Waals surface area contributed by atoms with Crippen LogP contribution >= 0.6 is 0 Å². The molecule has 2 rings (SSSR count). The van der Waals surface area contributed by atoms with Gasteiger partial charge in [0.1, 0.15) is 5.75 Å². The molecule has 0 aliphatic carbocycles. The minimum absolute atomic E-state index is 0.0959. The van der Waals surface area contributed by atoms with Gasteiger partial charge in [0.15, 0.2) is 6.61 Å². The molecule has 0 atom stereocenters. The zero-order valence-corrected chi connectivity index (χ0v) is 13.7. The Morgan fingerprint density at radius 1 is 1.19 bits per heavy atom. The molecule has 0 saturated carbocycles. The number of nitriles is 1. The second-order valence-corrected chi connectivity index (χ2v) is 5.19. The first-order valence-electron chi connectivity index (χ1n) is 7.38. The predicted molar refractivity (Wildman–Crippen MR) is 90.1 cm³/mol. The molecule has 0 unspecified atom stereocenters. The van der Waals surface area contributed by atoms with Crippen LogP contribution in [0.1, 0.15) is 21.5 Å². The lowest BCUT2D eigenvalue weighted by Gasteiger charge is -2.09. The topological polar surface area (TPSA) is 134 Å². The maximum Gasteiger partial charge on any atom is 0.276 e. The SMILES string of the molecule is Cc1cc(C(=O)NNC(=O)COc2ccc(C#N)cc2)ccc1[N+](=O)[O-]. The summed E-state index contributed by atoms with van der Waals surface area (Å²) in [4.78, 5) is 33.9. The van der Waals surface area contributed by atoms with Crippen molar-refractivity contribution in [3.8, 4) is 11.8 Å². The normalized spacial score (nSPS) is 9.69. The van der Waals surface area contributed by atoms with Crippen molar-refractivity contribution < 1.29 is 19.2 Å². The van der Waals surface area contributed by atoms with Crippen LogP contribution in [0.15, 0.2) is 42.5 Å². The van der Waals surface area contributed by atoms with Gasteiger partial charge in [0.25, 0.3) is 17.5 Å². The number of amides is 2. The Morgan fingerprint density at radius 3 is 2.46 bits per heavy atom. The monoisotopic (exact) mass is 354 g/mol. The minimum atomic E-state index is -0.616. The Labute approximate surface area is 148 Å². The first-order chi connectivity index (χ1) is 12.4. The van der Waals surface area contributed by atoms with Gasteiger partial charge in [-0.3, -0.25) is 30.6 Å². The standard InChI is InChI=1S/C17H14N4O5/c1-11-8-13(4-7-15(11)21(24)25)17(23)20-19-16(22)10-26-14-5-2-12(9-18)3-6-14/h2-8H,10H2,1H3,(H,19,22)(H,20,23). The lowest BCUT2D eigenvalue weighted by molar-refractivity contribution is -0.385. The number of rotatable bonds is 5. The van der Waals surface area contributed by atoms with Crippen molar-refractivity contribution >= 4 is 17.5 Å². The number of aryl methyl sites for hydroxylation is 1. The number of nitro groups is 1. The minimum Gasteiger partial charge on any atom is -0.484 e. The Bertz CT molecular complexity index is 887. The highest BCUT2D eigenvalue weighted by molar-refractivity contribution is 5.95. The van der Waals surface area contributed by atoms with E-state index in [-0.39, 0.29) is 17.9 Å². The number of ether oxygens (including phenoxy) is 1. The Balaban J connectivity index is 1.84. The maximum absolute atomic E-state index is 12.0. The molecule has 2 aromatic rings. The lowest BCUT2D eigenvalue weighted by atomic mass is 10.1. The summed E-state index contributed by atoms with van der Waals surface area (Å²) in [7, 11) is 0. The molecule has 0 aliphatic heterocycles. The summed E-state index contributed by atoms with van der Waals surface area (Å²) in [5.41, 5.74) is 5.25. The van der Waals surface area contributed by atoms with Crippen LogP contribution in [0.4, 0.5) is 5.69 Å². The number of nitrogens with one attached hydrogen (secondary N) is 2. The summed E-state index contributed by atoms with van der Waals surface area (Å²) in [6.07, 6.45) is 0. The zero-order valence-electron chi connectivity index (χ0n) is 13.7. The van der Waals surface area contributed by atoms with Crippen LogP contribution in [0.5, 0.6) is 5.75 Å². The predicted octanol–water partition coefficient (Wildman–Crippen LogP) is 1.61. The van der Waals surface area contributed by atoms with E-state index in [0.29, 0.717) is 16.9 Å². The van der Waals surface area contributed by atoms with Crippen molar-refractivity contribution in [2.45, 2.75) is 6.92 Å². The third kappa shape index (κ3) is 4.78. The lowest BCUT2D eigenvalue weighted by Crippen LogP contribution is -2.43. The highest BCUT2D eigenvalue weighted by Crippen LogP contribution is 2.18. The molecule has 0 fully saturated rings. The third-order valence-electron chi connectivity index (χ3n) is 3.32. The molecule has 0 aliphatic rings. The number of carbonyl (C=O) groups is 2. The summed E-state index contributed by atoms with van der Waals surface area (Å²) in [6, 6.07) is 12.0. The summed E-state index contributed by atoms with van der Waals surface area (Å²) < 4.78 is 5.22. The zero-order chi connectivity index (χ0) is 19.1. The van der Waals surface area contributed by atoms with Crippen molar-refractivity contribution in [2.75, 3.05) is 6.61 Å². The van der Waals surface area contributed by atoms with Gasteiger partial charge in [-0.05, 0) is 43.3 Å². The maximum atomic E-state index is 12.0. The fourth-order valence-electron chi connectivity index (χ4n) is 2.01. The number of hydrogen-bond donors (Lipinski definition) is 2. The van der Waals surface area contributed by atoms with Crippen LogP contribution in [-0.2, 0) is 4.79 Å². The van der Waals surface area contributed by atoms with Crippen LogP contribution in [0.25, 0.3) is 0 Å². The molecule has 0 aromatic heterocycles. The second kappa shape index (κ2) is 8.25. The molecule has 9 nitrogen and oxygen atoms in total. The molecule has 0 saturated heterocycles. The molecule has 0 bridgehead atoms. The number of nitro benzene ring substituents is 1. The fraction of sp³-hybridized carbons (Fsp3) is 0.118. The van der Waals surface area contributed by atoms with Gasteiger partial charge in [-0.1, -0.05) is 0 Å². The van der Waals surface area contributed by atoms with Gasteiger partial charge in [0, 0.05) is 17.2 Å². The van der Waals surface area contributed by atoms with Crippen molar-refractivity contribution in [3.63, 3.8) is 0 Å². The first-order valence-corrected chi connectivity index (χ1v) is 7.38. The molecular formula is C17H14N4O5. The van der Waals surface area contributed by atoms with Crippen LogP contribution in [-0.4, -0.2) is 23.3 Å². The molecule has 132 valence electrons. The van der Waals surface area contributed by atoms with Crippen molar-refractivity contribution in [3.05, 3.63) is 69.3 Å². The highest BCUT2D eigenvalue weighted by atomic mass is 16.6. The van der Waals surface area contributed by atoms with Gasteiger partial charge in [-0.25, -0.2) is 0 Å². The molecule has 2 aromatic carbocycles. The molecule has 26 heavy (non-hydrogen) atoms. The number of benzene rings is 2. The average molecular weight is 354 g/mol. The molecule has 0 radical (unpaired) electrons. The van der Waals surface area contributed by atoms with Crippen molar-refractivity contribution in [1.29, 1.82) is 5.26 Å². The van der Waals surface area contributed by atoms with Crippen LogP contribution in [0.2, 0.25) is 0 Å². The number of hydrazine groups is 1. The first kappa shape index (κ1) is 18.4. The number of carbonyl (C=O) groups excluding carboxylic acids is 2. The van der Waals surface area contributed by atoms with E-state index in [1.165, 1.54) is 25.1 Å². The second-order valence-electron chi connectivity index (χ2n) is 5.19. The Hall–Kier alpha value is -3.93. The summed E-state index contributed by atoms with van der Waals surface area (Å²) in [6.45, 7) is 1.17. The number of nitrogens with zero attached hydrogens (tertiary/aromatic N) is 2. The summed E-state index contributed by atoms with van der Waals surface area (Å²) in [5, 5.41) is 19.5. The molecule has 0 heterocycles. The van der Waals surface area contributed by atoms with Gasteiger partial charge in [-0.2, -0.15) is 5.26 Å². The van der Waals surface area contributed by atoms with E-state index in [0.717, 1.165) is 0 Å². The molecule has 0 spiro atoms. The van der Waals surface area contributed by atoms with Crippen molar-refractivity contribution in [1.82, 2.24) is 10.9 Å². The van der Waals surface area contributed by atoms with Crippen LogP contribution < -0.4 is 15.6 Å².